The van der Waals surface area contributed by atoms with Crippen LogP contribution in [0.5, 0.6) is 0 Å². The summed E-state index contributed by atoms with van der Waals surface area (Å²) in [7, 11) is 0. The molecule has 0 rings (SSSR count). The van der Waals surface area contributed by atoms with Crippen molar-refractivity contribution in [2.24, 2.45) is 0 Å². The first-order valence-electron chi connectivity index (χ1n) is 8.91. The average molecular weight is 345 g/mol. The van der Waals surface area contributed by atoms with Crippen molar-refractivity contribution in [3.63, 3.8) is 0 Å². The highest BCUT2D eigenvalue weighted by molar-refractivity contribution is 5.70. The van der Waals surface area contributed by atoms with Crippen LogP contribution in [0.15, 0.2) is 134 Å². The Balaban J connectivity index is 7.52. The summed E-state index contributed by atoms with van der Waals surface area (Å²) in [5, 5.41) is 0. The molecule has 0 nitrogen and oxygen atoms in total. The van der Waals surface area contributed by atoms with Gasteiger partial charge >= 0.3 is 0 Å². The minimum Gasteiger partial charge on any atom is -0.0990 e. The van der Waals surface area contributed by atoms with Crippen molar-refractivity contribution in [3.8, 4) is 0 Å². The molecule has 0 bridgehead atoms. The normalized spacial score (nSPS) is 12.8. The zero-order valence-electron chi connectivity index (χ0n) is 16.4. The Morgan fingerprint density at radius 2 is 0.846 bits per heavy atom. The minimum atomic E-state index is 0.901. The molecule has 0 aromatic rings. The number of rotatable bonds is 12. The van der Waals surface area contributed by atoms with E-state index in [9.17, 15) is 0 Å². The maximum Gasteiger partial charge on any atom is -0.00275 e. The van der Waals surface area contributed by atoms with Crippen LogP contribution in [0.1, 0.15) is 26.7 Å². The summed E-state index contributed by atoms with van der Waals surface area (Å²) in [4.78, 5) is 0. The summed E-state index contributed by atoms with van der Waals surface area (Å²) >= 11 is 0. The SMILES string of the molecule is C=C/C=C(\C=C)C(=C(/C(C=C)=C/CC)/C(C=C)=C/CC)/C(C=C)=C/C=C. The van der Waals surface area contributed by atoms with Gasteiger partial charge in [-0.25, -0.2) is 0 Å². The Bertz CT molecular complexity index is 649. The monoisotopic (exact) mass is 344 g/mol. The zero-order valence-corrected chi connectivity index (χ0v) is 16.4. The van der Waals surface area contributed by atoms with E-state index in [2.05, 4.69) is 65.5 Å². The molecule has 0 saturated heterocycles. The molecule has 0 atom stereocenters. The van der Waals surface area contributed by atoms with Gasteiger partial charge in [0.05, 0.1) is 0 Å². The van der Waals surface area contributed by atoms with E-state index < -0.39 is 0 Å². The molecule has 0 amide bonds. The molecule has 136 valence electrons. The van der Waals surface area contributed by atoms with Crippen molar-refractivity contribution < 1.29 is 0 Å². The molecule has 0 spiro atoms. The Hall–Kier alpha value is -2.86. The van der Waals surface area contributed by atoms with Gasteiger partial charge in [0.25, 0.3) is 0 Å². The first kappa shape index (κ1) is 23.1. The third-order valence-electron chi connectivity index (χ3n) is 3.73. The van der Waals surface area contributed by atoms with Crippen LogP contribution >= 0.6 is 0 Å². The van der Waals surface area contributed by atoms with E-state index in [1.165, 1.54) is 0 Å². The molecule has 0 fully saturated rings. The quantitative estimate of drug-likeness (QED) is 0.315. The Morgan fingerprint density at radius 3 is 1.08 bits per heavy atom. The zero-order chi connectivity index (χ0) is 19.9. The molecule has 0 heterocycles. The lowest BCUT2D eigenvalue weighted by molar-refractivity contribution is 1.17. The lowest BCUT2D eigenvalue weighted by Crippen LogP contribution is -2.02. The predicted molar refractivity (Wildman–Crippen MR) is 121 cm³/mol. The van der Waals surface area contributed by atoms with Gasteiger partial charge in [0, 0.05) is 0 Å². The third kappa shape index (κ3) is 6.22. The van der Waals surface area contributed by atoms with Crippen molar-refractivity contribution in [2.75, 3.05) is 0 Å². The molecule has 0 heteroatoms. The Morgan fingerprint density at radius 1 is 0.538 bits per heavy atom. The molecule has 0 aliphatic carbocycles. The van der Waals surface area contributed by atoms with Gasteiger partial charge in [0.15, 0.2) is 0 Å². The largest absolute Gasteiger partial charge is 0.0990 e. The van der Waals surface area contributed by atoms with E-state index in [0.717, 1.165) is 46.3 Å². The van der Waals surface area contributed by atoms with Gasteiger partial charge < -0.3 is 0 Å². The van der Waals surface area contributed by atoms with Gasteiger partial charge in [0.2, 0.25) is 0 Å². The molecular formula is C26H32. The smallest absolute Gasteiger partial charge is 0.00275 e. The van der Waals surface area contributed by atoms with E-state index in [1.807, 2.05) is 36.5 Å². The van der Waals surface area contributed by atoms with Crippen LogP contribution in [0.25, 0.3) is 0 Å². The van der Waals surface area contributed by atoms with E-state index in [1.54, 1.807) is 12.2 Å². The van der Waals surface area contributed by atoms with Crippen LogP contribution in [0.3, 0.4) is 0 Å². The van der Waals surface area contributed by atoms with Crippen molar-refractivity contribution >= 4 is 0 Å². The van der Waals surface area contributed by atoms with Gasteiger partial charge in [0.1, 0.15) is 0 Å². The summed E-state index contributed by atoms with van der Waals surface area (Å²) in [5.74, 6) is 0. The first-order chi connectivity index (χ1) is 12.6. The van der Waals surface area contributed by atoms with Crippen LogP contribution in [0.4, 0.5) is 0 Å². The van der Waals surface area contributed by atoms with Crippen LogP contribution in [0, 0.1) is 0 Å². The summed E-state index contributed by atoms with van der Waals surface area (Å²) in [6.07, 6.45) is 21.0. The van der Waals surface area contributed by atoms with Crippen LogP contribution in [0.2, 0.25) is 0 Å². The van der Waals surface area contributed by atoms with E-state index in [0.29, 0.717) is 0 Å². The molecule has 0 radical (unpaired) electrons. The minimum absolute atomic E-state index is 0.901. The predicted octanol–water partition coefficient (Wildman–Crippen LogP) is 7.92. The molecule has 0 aromatic heterocycles. The molecule has 0 unspecified atom stereocenters. The van der Waals surface area contributed by atoms with Crippen molar-refractivity contribution in [1.82, 2.24) is 0 Å². The summed E-state index contributed by atoms with van der Waals surface area (Å²) in [6.45, 7) is 27.9. The second-order valence-electron chi connectivity index (χ2n) is 5.42. The molecule has 0 aliphatic rings. The highest BCUT2D eigenvalue weighted by Gasteiger charge is 2.17. The molecule has 0 saturated carbocycles. The molecule has 0 aliphatic heterocycles. The van der Waals surface area contributed by atoms with E-state index in [-0.39, 0.29) is 0 Å². The van der Waals surface area contributed by atoms with Crippen LogP contribution < -0.4 is 0 Å². The van der Waals surface area contributed by atoms with Crippen LogP contribution in [-0.4, -0.2) is 0 Å². The fraction of sp³-hybridized carbons (Fsp3) is 0.154. The lowest BCUT2D eigenvalue weighted by Gasteiger charge is -2.20. The maximum absolute atomic E-state index is 4.03. The molecule has 0 N–H and O–H groups in total. The van der Waals surface area contributed by atoms with Gasteiger partial charge in [-0.05, 0) is 46.3 Å². The maximum atomic E-state index is 4.03. The topological polar surface area (TPSA) is 0 Å². The third-order valence-corrected chi connectivity index (χ3v) is 3.73. The number of allylic oxidation sites excluding steroid dienone is 16. The van der Waals surface area contributed by atoms with Crippen molar-refractivity contribution in [2.45, 2.75) is 26.7 Å². The van der Waals surface area contributed by atoms with Gasteiger partial charge in [-0.2, -0.15) is 0 Å². The Kier molecular flexibility index (Phi) is 12.0. The fourth-order valence-corrected chi connectivity index (χ4v) is 2.69. The van der Waals surface area contributed by atoms with E-state index >= 15 is 0 Å². The molecular weight excluding hydrogens is 312 g/mol. The van der Waals surface area contributed by atoms with E-state index in [4.69, 9.17) is 0 Å². The number of hydrogen-bond acceptors (Lipinski definition) is 0. The van der Waals surface area contributed by atoms with Crippen molar-refractivity contribution in [3.05, 3.63) is 134 Å². The number of hydrogen-bond donors (Lipinski definition) is 0. The van der Waals surface area contributed by atoms with Crippen molar-refractivity contribution in [1.29, 1.82) is 0 Å². The lowest BCUT2D eigenvalue weighted by atomic mass is 9.83. The van der Waals surface area contributed by atoms with Crippen LogP contribution in [-0.2, 0) is 0 Å². The van der Waals surface area contributed by atoms with Gasteiger partial charge in [-0.15, -0.1) is 0 Å². The molecule has 0 aromatic carbocycles. The average Bonchev–Trinajstić information content (AvgIpc) is 2.66. The highest BCUT2D eigenvalue weighted by atomic mass is 14.2. The summed E-state index contributed by atoms with van der Waals surface area (Å²) in [6, 6.07) is 0. The van der Waals surface area contributed by atoms with Gasteiger partial charge in [-0.1, -0.05) is 114 Å². The van der Waals surface area contributed by atoms with Gasteiger partial charge in [-0.3, -0.25) is 0 Å². The first-order valence-corrected chi connectivity index (χ1v) is 8.91. The Labute approximate surface area is 160 Å². The highest BCUT2D eigenvalue weighted by Crippen LogP contribution is 2.35. The standard InChI is InChI=1S/C26H32/c1-9-17-21(13-5)25(22(14-6)18-10-2)26(23(15-7)19-11-3)24(16-8)20-12-4/h9-10,13-20H,1-2,5-8,11-12H2,3-4H3/b21-17+,22-18+,23-19+,24-20+. The molecule has 26 heavy (non-hydrogen) atoms. The second kappa shape index (κ2) is 13.4. The second-order valence-corrected chi connectivity index (χ2v) is 5.42. The summed E-state index contributed by atoms with van der Waals surface area (Å²) < 4.78 is 0. The fourth-order valence-electron chi connectivity index (χ4n) is 2.69. The summed E-state index contributed by atoms with van der Waals surface area (Å²) in [5.41, 5.74) is 6.08.